The van der Waals surface area contributed by atoms with Crippen molar-refractivity contribution in [3.8, 4) is 11.5 Å². The van der Waals surface area contributed by atoms with Crippen molar-refractivity contribution in [2.75, 3.05) is 32.7 Å². The maximum atomic E-state index is 13.0. The molecule has 4 rings (SSSR count). The quantitative estimate of drug-likeness (QED) is 0.430. The van der Waals surface area contributed by atoms with E-state index < -0.39 is 0 Å². The van der Waals surface area contributed by atoms with Gasteiger partial charge in [-0.15, -0.1) is 0 Å². The molecule has 1 aliphatic rings. The van der Waals surface area contributed by atoms with E-state index in [-0.39, 0.29) is 11.8 Å². The van der Waals surface area contributed by atoms with Gasteiger partial charge in [0.25, 0.3) is 11.8 Å². The molecular weight excluding hydrogens is 484 g/mol. The lowest BCUT2D eigenvalue weighted by atomic mass is 10.1. The first-order chi connectivity index (χ1) is 16.9. The van der Waals surface area contributed by atoms with Crippen molar-refractivity contribution in [1.29, 1.82) is 0 Å². The number of nitrogens with one attached hydrogen (secondary N) is 1. The van der Waals surface area contributed by atoms with Gasteiger partial charge in [0.05, 0.1) is 24.8 Å². The van der Waals surface area contributed by atoms with Crippen LogP contribution in [-0.4, -0.2) is 39.6 Å². The lowest BCUT2D eigenvalue weighted by molar-refractivity contribution is -0.114. The molecule has 0 saturated heterocycles. The van der Waals surface area contributed by atoms with Crippen LogP contribution in [-0.2, 0) is 11.2 Å². The largest absolute Gasteiger partial charge is 0.497 e. The molecule has 0 aromatic heterocycles. The molecule has 35 heavy (non-hydrogen) atoms. The summed E-state index contributed by atoms with van der Waals surface area (Å²) in [5, 5.41) is 3.53. The Balaban J connectivity index is 1.47. The number of thioether (sulfide) groups is 1. The highest BCUT2D eigenvalue weighted by Crippen LogP contribution is 2.42. The van der Waals surface area contributed by atoms with Gasteiger partial charge in [0, 0.05) is 29.1 Å². The number of rotatable bonds is 7. The summed E-state index contributed by atoms with van der Waals surface area (Å²) in [5.41, 5.74) is 2.90. The summed E-state index contributed by atoms with van der Waals surface area (Å²) >= 11 is 7.63. The first kappa shape index (κ1) is 24.7. The third kappa shape index (κ3) is 5.47. The number of halogens is 1. The van der Waals surface area contributed by atoms with Crippen LogP contribution in [0.15, 0.2) is 70.5 Å². The molecule has 0 unspecified atom stereocenters. The molecule has 8 heteroatoms. The number of anilines is 1. The van der Waals surface area contributed by atoms with Crippen LogP contribution in [0.3, 0.4) is 0 Å². The number of fused-ring (bicyclic) bond motifs is 1. The summed E-state index contributed by atoms with van der Waals surface area (Å²) in [4.78, 5) is 28.8. The number of amides is 2. The second-order valence-electron chi connectivity index (χ2n) is 7.86. The molecule has 3 aromatic carbocycles. The minimum Gasteiger partial charge on any atom is -0.497 e. The molecular formula is C27H25ClN2O4S. The number of likely N-dealkylation sites (N-methyl/N-ethyl adjacent to an activating group) is 1. The first-order valence-electron chi connectivity index (χ1n) is 11.0. The summed E-state index contributed by atoms with van der Waals surface area (Å²) in [6.07, 6.45) is 2.38. The fourth-order valence-electron chi connectivity index (χ4n) is 3.76. The van der Waals surface area contributed by atoms with Gasteiger partial charge in [-0.2, -0.15) is 0 Å². The van der Waals surface area contributed by atoms with Crippen molar-refractivity contribution >= 4 is 46.9 Å². The molecule has 0 radical (unpaired) electrons. The van der Waals surface area contributed by atoms with Crippen LogP contribution in [0.1, 0.15) is 21.5 Å². The summed E-state index contributed by atoms with van der Waals surface area (Å²) < 4.78 is 10.7. The van der Waals surface area contributed by atoms with E-state index in [1.54, 1.807) is 50.4 Å². The molecule has 3 aromatic rings. The maximum absolute atomic E-state index is 13.0. The molecule has 0 bridgehead atoms. The van der Waals surface area contributed by atoms with E-state index in [4.69, 9.17) is 21.1 Å². The van der Waals surface area contributed by atoms with Crippen LogP contribution in [0.5, 0.6) is 11.5 Å². The summed E-state index contributed by atoms with van der Waals surface area (Å²) in [6.45, 7) is 0.424. The predicted octanol–water partition coefficient (Wildman–Crippen LogP) is 5.44. The van der Waals surface area contributed by atoms with Gasteiger partial charge in [0.1, 0.15) is 11.5 Å². The number of nitrogens with zero attached hydrogens (tertiary/aromatic N) is 1. The number of methoxy groups -OCH3 is 2. The second kappa shape index (κ2) is 10.9. The van der Waals surface area contributed by atoms with Gasteiger partial charge < -0.3 is 19.7 Å². The van der Waals surface area contributed by atoms with E-state index in [0.717, 1.165) is 27.5 Å². The number of ether oxygens (including phenoxy) is 2. The molecule has 2 amide bonds. The summed E-state index contributed by atoms with van der Waals surface area (Å²) in [7, 11) is 4.93. The Bertz CT molecular complexity index is 1310. The minimum absolute atomic E-state index is 0.148. The topological polar surface area (TPSA) is 67.9 Å². The van der Waals surface area contributed by atoms with Crippen molar-refractivity contribution in [3.05, 3.63) is 87.3 Å². The third-order valence-electron chi connectivity index (χ3n) is 5.68. The van der Waals surface area contributed by atoms with E-state index >= 15 is 0 Å². The van der Waals surface area contributed by atoms with Gasteiger partial charge in [-0.25, -0.2) is 0 Å². The smallest absolute Gasteiger partial charge is 0.264 e. The molecule has 0 fully saturated rings. The van der Waals surface area contributed by atoms with E-state index in [9.17, 15) is 9.59 Å². The van der Waals surface area contributed by atoms with Crippen LogP contribution in [0.4, 0.5) is 5.69 Å². The third-order valence-corrected chi connectivity index (χ3v) is 7.10. The summed E-state index contributed by atoms with van der Waals surface area (Å²) in [6, 6.07) is 18.3. The average molecular weight is 509 g/mol. The highest BCUT2D eigenvalue weighted by molar-refractivity contribution is 8.04. The molecule has 1 N–H and O–H groups in total. The standard InChI is InChI=1S/C27H25ClN2O4S/c1-30-22-15-19(26(31)29-13-12-18-14-20(33-2)9-10-23(18)34-3)8-11-24(22)35-25(27(30)32)16-17-6-4-5-7-21(17)28/h4-11,14-16H,12-13H2,1-3H3,(H,29,31)/b25-16+. The van der Waals surface area contributed by atoms with E-state index in [0.29, 0.717) is 34.1 Å². The maximum Gasteiger partial charge on any atom is 0.264 e. The Morgan fingerprint density at radius 1 is 1.09 bits per heavy atom. The Hall–Kier alpha value is -3.42. The van der Waals surface area contributed by atoms with Gasteiger partial charge >= 0.3 is 0 Å². The van der Waals surface area contributed by atoms with Crippen LogP contribution >= 0.6 is 23.4 Å². The number of hydrogen-bond donors (Lipinski definition) is 1. The van der Waals surface area contributed by atoms with Gasteiger partial charge in [-0.05, 0) is 66.1 Å². The second-order valence-corrected chi connectivity index (χ2v) is 9.35. The molecule has 0 spiro atoms. The van der Waals surface area contributed by atoms with E-state index in [1.165, 1.54) is 11.8 Å². The fraction of sp³-hybridized carbons (Fsp3) is 0.185. The highest BCUT2D eigenvalue weighted by Gasteiger charge is 2.27. The van der Waals surface area contributed by atoms with Crippen molar-refractivity contribution in [2.24, 2.45) is 0 Å². The lowest BCUT2D eigenvalue weighted by Gasteiger charge is -2.27. The monoisotopic (exact) mass is 508 g/mol. The molecule has 6 nitrogen and oxygen atoms in total. The number of hydrogen-bond acceptors (Lipinski definition) is 5. The zero-order chi connectivity index (χ0) is 24.9. The first-order valence-corrected chi connectivity index (χ1v) is 12.2. The fourth-order valence-corrected chi connectivity index (χ4v) is 5.03. The number of benzene rings is 3. The van der Waals surface area contributed by atoms with Gasteiger partial charge in [0.15, 0.2) is 0 Å². The zero-order valence-electron chi connectivity index (χ0n) is 19.6. The van der Waals surface area contributed by atoms with Crippen molar-refractivity contribution in [2.45, 2.75) is 11.3 Å². The Labute approximate surface area is 213 Å². The Morgan fingerprint density at radius 2 is 1.89 bits per heavy atom. The Morgan fingerprint density at radius 3 is 2.63 bits per heavy atom. The Kier molecular flexibility index (Phi) is 7.68. The molecule has 0 saturated carbocycles. The number of carbonyl (C=O) groups is 2. The van der Waals surface area contributed by atoms with Crippen LogP contribution in [0, 0.1) is 0 Å². The highest BCUT2D eigenvalue weighted by atomic mass is 35.5. The molecule has 1 aliphatic heterocycles. The van der Waals surface area contributed by atoms with Crippen molar-refractivity contribution in [3.63, 3.8) is 0 Å². The molecule has 0 atom stereocenters. The van der Waals surface area contributed by atoms with Crippen LogP contribution in [0.2, 0.25) is 5.02 Å². The molecule has 1 heterocycles. The van der Waals surface area contributed by atoms with E-state index in [2.05, 4.69) is 5.32 Å². The van der Waals surface area contributed by atoms with Gasteiger partial charge in [-0.1, -0.05) is 41.6 Å². The minimum atomic E-state index is -0.210. The van der Waals surface area contributed by atoms with Crippen LogP contribution < -0.4 is 19.7 Å². The van der Waals surface area contributed by atoms with Crippen molar-refractivity contribution < 1.29 is 19.1 Å². The van der Waals surface area contributed by atoms with Gasteiger partial charge in [0.2, 0.25) is 0 Å². The lowest BCUT2D eigenvalue weighted by Crippen LogP contribution is -2.31. The molecule has 0 aliphatic carbocycles. The van der Waals surface area contributed by atoms with Crippen molar-refractivity contribution in [1.82, 2.24) is 5.32 Å². The zero-order valence-corrected chi connectivity index (χ0v) is 21.2. The average Bonchev–Trinajstić information content (AvgIpc) is 2.88. The predicted molar refractivity (Wildman–Crippen MR) is 141 cm³/mol. The SMILES string of the molecule is COc1ccc(OC)c(CCNC(=O)c2ccc3c(c2)N(C)C(=O)/C(=C\c2ccccc2Cl)S3)c1. The van der Waals surface area contributed by atoms with E-state index in [1.807, 2.05) is 42.5 Å². The van der Waals surface area contributed by atoms with Gasteiger partial charge in [-0.3, -0.25) is 9.59 Å². The normalized spacial score (nSPS) is 14.0. The van der Waals surface area contributed by atoms with Crippen LogP contribution in [0.25, 0.3) is 6.08 Å². The molecule has 180 valence electrons. The summed E-state index contributed by atoms with van der Waals surface area (Å²) in [5.74, 6) is 1.12. The number of carbonyl (C=O) groups excluding carboxylic acids is 2.